The van der Waals surface area contributed by atoms with Gasteiger partial charge in [-0.2, -0.15) is 5.10 Å². The number of nitrogens with zero attached hydrogens (tertiary/aromatic N) is 2. The highest BCUT2D eigenvalue weighted by atomic mass is 16.4. The van der Waals surface area contributed by atoms with Crippen LogP contribution < -0.4 is 0 Å². The van der Waals surface area contributed by atoms with E-state index in [4.69, 9.17) is 0 Å². The number of carbonyl (C=O) groups is 2. The number of carboxylic acid groups (broad SMARTS) is 1. The van der Waals surface area contributed by atoms with Crippen LogP contribution in [0, 0.1) is 5.92 Å². The molecule has 1 saturated carbocycles. The van der Waals surface area contributed by atoms with Crippen molar-refractivity contribution < 1.29 is 14.7 Å². The lowest BCUT2D eigenvalue weighted by Crippen LogP contribution is -2.30. The summed E-state index contributed by atoms with van der Waals surface area (Å²) in [4.78, 5) is 26.7. The molecule has 2 N–H and O–H groups in total. The second kappa shape index (κ2) is 7.55. The number of amides is 1. The van der Waals surface area contributed by atoms with Gasteiger partial charge in [0.05, 0.1) is 23.4 Å². The Labute approximate surface area is 158 Å². The number of likely N-dealkylation sites (tertiary alicyclic amines) is 1. The van der Waals surface area contributed by atoms with Crippen molar-refractivity contribution in [2.75, 3.05) is 13.1 Å². The van der Waals surface area contributed by atoms with E-state index in [1.54, 1.807) is 11.1 Å². The molecule has 2 fully saturated rings. The van der Waals surface area contributed by atoms with E-state index in [1.807, 2.05) is 30.3 Å². The van der Waals surface area contributed by atoms with Crippen LogP contribution in [-0.4, -0.2) is 45.2 Å². The van der Waals surface area contributed by atoms with Crippen LogP contribution in [0.1, 0.15) is 65.6 Å². The van der Waals surface area contributed by atoms with Crippen LogP contribution in [0.4, 0.5) is 0 Å². The Bertz CT molecular complexity index is 811. The maximum absolute atomic E-state index is 13.2. The van der Waals surface area contributed by atoms with Crippen molar-refractivity contribution in [1.82, 2.24) is 15.1 Å². The summed E-state index contributed by atoms with van der Waals surface area (Å²) in [5.41, 5.74) is 2.51. The van der Waals surface area contributed by atoms with Gasteiger partial charge in [-0.25, -0.2) is 0 Å². The maximum atomic E-state index is 13.2. The molecule has 6 heteroatoms. The summed E-state index contributed by atoms with van der Waals surface area (Å²) < 4.78 is 0. The molecule has 1 aliphatic heterocycles. The van der Waals surface area contributed by atoms with Crippen molar-refractivity contribution in [3.05, 3.63) is 53.3 Å². The molecule has 0 radical (unpaired) electrons. The zero-order valence-corrected chi connectivity index (χ0v) is 15.3. The molecule has 27 heavy (non-hydrogen) atoms. The number of H-pyrrole nitrogens is 1. The van der Waals surface area contributed by atoms with Crippen LogP contribution in [0.25, 0.3) is 0 Å². The summed E-state index contributed by atoms with van der Waals surface area (Å²) in [6.07, 6.45) is 7.37. The van der Waals surface area contributed by atoms with Gasteiger partial charge in [0.2, 0.25) is 0 Å². The molecule has 142 valence electrons. The summed E-state index contributed by atoms with van der Waals surface area (Å²) in [6.45, 7) is 0.665. The molecule has 1 aliphatic carbocycles. The number of rotatable bonds is 4. The highest BCUT2D eigenvalue weighted by molar-refractivity contribution is 5.96. The number of carboxylic acids is 1. The molecule has 2 aromatic rings. The fourth-order valence-electron chi connectivity index (χ4n) is 4.60. The Kier molecular flexibility index (Phi) is 4.97. The van der Waals surface area contributed by atoms with E-state index >= 15 is 0 Å². The van der Waals surface area contributed by atoms with E-state index in [0.717, 1.165) is 24.1 Å². The van der Waals surface area contributed by atoms with Crippen molar-refractivity contribution in [2.45, 2.75) is 43.9 Å². The number of aromatic amines is 1. The number of carbonyl (C=O) groups excluding carboxylic acids is 1. The van der Waals surface area contributed by atoms with E-state index in [1.165, 1.54) is 19.3 Å². The van der Waals surface area contributed by atoms with Crippen LogP contribution >= 0.6 is 0 Å². The molecule has 2 atom stereocenters. The van der Waals surface area contributed by atoms with E-state index in [-0.39, 0.29) is 18.4 Å². The number of nitrogens with one attached hydrogen (secondary N) is 1. The van der Waals surface area contributed by atoms with Crippen LogP contribution in [0.2, 0.25) is 0 Å². The molecule has 1 aromatic heterocycles. The van der Waals surface area contributed by atoms with E-state index < -0.39 is 11.9 Å². The lowest BCUT2D eigenvalue weighted by Gasteiger charge is -2.23. The number of aromatic nitrogens is 2. The molecule has 0 unspecified atom stereocenters. The molecule has 0 bridgehead atoms. The molecule has 1 amide bonds. The third kappa shape index (κ3) is 3.48. The summed E-state index contributed by atoms with van der Waals surface area (Å²) in [5, 5.41) is 16.9. The number of hydrogen-bond donors (Lipinski definition) is 2. The van der Waals surface area contributed by atoms with Crippen molar-refractivity contribution in [2.24, 2.45) is 5.92 Å². The highest BCUT2D eigenvalue weighted by Crippen LogP contribution is 2.36. The van der Waals surface area contributed by atoms with Crippen molar-refractivity contribution in [3.8, 4) is 0 Å². The van der Waals surface area contributed by atoms with Gasteiger partial charge in [-0.15, -0.1) is 0 Å². The van der Waals surface area contributed by atoms with Gasteiger partial charge >= 0.3 is 5.97 Å². The molecular formula is C21H25N3O3. The predicted molar refractivity (Wildman–Crippen MR) is 101 cm³/mol. The second-order valence-electron chi connectivity index (χ2n) is 7.70. The average Bonchev–Trinajstić information content (AvgIpc) is 3.36. The Balaban J connectivity index is 1.56. The maximum Gasteiger partial charge on any atom is 0.308 e. The van der Waals surface area contributed by atoms with E-state index in [9.17, 15) is 14.7 Å². The molecular weight excluding hydrogens is 342 g/mol. The van der Waals surface area contributed by atoms with Crippen LogP contribution in [0.3, 0.4) is 0 Å². The zero-order valence-electron chi connectivity index (χ0n) is 15.3. The fraction of sp³-hybridized carbons (Fsp3) is 0.476. The van der Waals surface area contributed by atoms with Crippen molar-refractivity contribution >= 4 is 11.9 Å². The summed E-state index contributed by atoms with van der Waals surface area (Å²) in [6, 6.07) is 9.63. The van der Waals surface area contributed by atoms with Gasteiger partial charge in [-0.3, -0.25) is 14.7 Å². The SMILES string of the molecule is O=C(O)[C@@H]1CN(C(=O)c2cn[nH]c2C2CCCCC2)C[C@H]1c1ccccc1. The minimum absolute atomic E-state index is 0.103. The Morgan fingerprint density at radius 1 is 1.07 bits per heavy atom. The normalized spacial score (nSPS) is 23.5. The lowest BCUT2D eigenvalue weighted by molar-refractivity contribution is -0.141. The molecule has 6 nitrogen and oxygen atoms in total. The monoisotopic (exact) mass is 367 g/mol. The van der Waals surface area contributed by atoms with Gasteiger partial charge in [-0.05, 0) is 18.4 Å². The predicted octanol–water partition coefficient (Wildman–Crippen LogP) is 3.40. The van der Waals surface area contributed by atoms with Gasteiger partial charge in [0.25, 0.3) is 5.91 Å². The first-order valence-electron chi connectivity index (χ1n) is 9.75. The van der Waals surface area contributed by atoms with Gasteiger partial charge < -0.3 is 10.0 Å². The molecule has 2 heterocycles. The molecule has 2 aliphatic rings. The van der Waals surface area contributed by atoms with Crippen molar-refractivity contribution in [1.29, 1.82) is 0 Å². The quantitative estimate of drug-likeness (QED) is 0.867. The second-order valence-corrected chi connectivity index (χ2v) is 7.70. The van der Waals surface area contributed by atoms with Gasteiger partial charge in [0.15, 0.2) is 0 Å². The summed E-state index contributed by atoms with van der Waals surface area (Å²) >= 11 is 0. The molecule has 0 spiro atoms. The van der Waals surface area contributed by atoms with Crippen LogP contribution in [-0.2, 0) is 4.79 Å². The third-order valence-electron chi connectivity index (χ3n) is 6.06. The standard InChI is InChI=1S/C21H25N3O3/c25-20(16-11-22-23-19(16)15-9-5-2-6-10-15)24-12-17(18(13-24)21(26)27)14-7-3-1-4-8-14/h1,3-4,7-8,11,15,17-18H,2,5-6,9-10,12-13H2,(H,22,23)(H,26,27)/t17-,18+/m0/s1. The zero-order chi connectivity index (χ0) is 18.8. The average molecular weight is 367 g/mol. The Hall–Kier alpha value is -2.63. The topological polar surface area (TPSA) is 86.3 Å². The smallest absolute Gasteiger partial charge is 0.308 e. The lowest BCUT2D eigenvalue weighted by atomic mass is 9.85. The first-order valence-corrected chi connectivity index (χ1v) is 9.75. The summed E-state index contributed by atoms with van der Waals surface area (Å²) in [7, 11) is 0. The number of benzene rings is 1. The van der Waals surface area contributed by atoms with Crippen LogP contribution in [0.5, 0.6) is 0 Å². The molecule has 4 rings (SSSR count). The van der Waals surface area contributed by atoms with Crippen molar-refractivity contribution in [3.63, 3.8) is 0 Å². The van der Waals surface area contributed by atoms with Gasteiger partial charge in [0, 0.05) is 24.9 Å². The molecule has 1 aromatic carbocycles. The fourth-order valence-corrected chi connectivity index (χ4v) is 4.60. The van der Waals surface area contributed by atoms with E-state index in [0.29, 0.717) is 18.0 Å². The Morgan fingerprint density at radius 3 is 2.52 bits per heavy atom. The molecule has 1 saturated heterocycles. The first-order chi connectivity index (χ1) is 13.1. The number of hydrogen-bond acceptors (Lipinski definition) is 3. The van der Waals surface area contributed by atoms with E-state index in [2.05, 4.69) is 10.2 Å². The largest absolute Gasteiger partial charge is 0.481 e. The van der Waals surface area contributed by atoms with Gasteiger partial charge in [-0.1, -0.05) is 49.6 Å². The summed E-state index contributed by atoms with van der Waals surface area (Å²) in [5.74, 6) is -1.37. The number of aliphatic carboxylic acids is 1. The van der Waals surface area contributed by atoms with Crippen LogP contribution in [0.15, 0.2) is 36.5 Å². The first kappa shape index (κ1) is 17.8. The minimum atomic E-state index is -0.848. The Morgan fingerprint density at radius 2 is 1.81 bits per heavy atom. The minimum Gasteiger partial charge on any atom is -0.481 e. The third-order valence-corrected chi connectivity index (χ3v) is 6.06. The van der Waals surface area contributed by atoms with Gasteiger partial charge in [0.1, 0.15) is 0 Å². The highest BCUT2D eigenvalue weighted by Gasteiger charge is 2.41.